The van der Waals surface area contributed by atoms with Crippen molar-refractivity contribution in [2.75, 3.05) is 31.0 Å². The molecular formula is C23H26N2O5. The van der Waals surface area contributed by atoms with Gasteiger partial charge in [-0.1, -0.05) is 13.0 Å². The molecule has 1 N–H and O–H groups in total. The number of amides is 2. The van der Waals surface area contributed by atoms with Crippen LogP contribution in [-0.4, -0.2) is 38.7 Å². The van der Waals surface area contributed by atoms with Gasteiger partial charge in [0.05, 0.1) is 19.9 Å². The van der Waals surface area contributed by atoms with Gasteiger partial charge in [-0.3, -0.25) is 9.59 Å². The Kier molecular flexibility index (Phi) is 6.61. The minimum atomic E-state index is -0.520. The summed E-state index contributed by atoms with van der Waals surface area (Å²) < 4.78 is 16.2. The Morgan fingerprint density at radius 1 is 1.17 bits per heavy atom. The molecule has 7 heteroatoms. The first kappa shape index (κ1) is 21.2. The van der Waals surface area contributed by atoms with Crippen molar-refractivity contribution in [3.63, 3.8) is 0 Å². The maximum Gasteiger partial charge on any atom is 0.267 e. The van der Waals surface area contributed by atoms with Gasteiger partial charge in [0.25, 0.3) is 5.91 Å². The number of nitrogens with one attached hydrogen (secondary N) is 1. The molecular weight excluding hydrogens is 384 g/mol. The number of rotatable bonds is 7. The Morgan fingerprint density at radius 2 is 1.93 bits per heavy atom. The fraction of sp³-hybridized carbons (Fsp3) is 0.304. The maximum absolute atomic E-state index is 12.5. The van der Waals surface area contributed by atoms with Crippen molar-refractivity contribution in [3.8, 4) is 17.2 Å². The molecule has 30 heavy (non-hydrogen) atoms. The Labute approximate surface area is 176 Å². The van der Waals surface area contributed by atoms with E-state index in [9.17, 15) is 9.59 Å². The molecule has 0 spiro atoms. The third-order valence-corrected chi connectivity index (χ3v) is 4.72. The lowest BCUT2D eigenvalue weighted by atomic mass is 10.1. The van der Waals surface area contributed by atoms with Crippen LogP contribution in [0.25, 0.3) is 6.08 Å². The van der Waals surface area contributed by atoms with E-state index in [1.165, 1.54) is 6.08 Å². The highest BCUT2D eigenvalue weighted by Gasteiger charge is 2.31. The molecule has 0 fully saturated rings. The van der Waals surface area contributed by atoms with Gasteiger partial charge in [-0.25, -0.2) is 0 Å². The largest absolute Gasteiger partial charge is 0.493 e. The van der Waals surface area contributed by atoms with Crippen LogP contribution in [0.4, 0.5) is 11.4 Å². The van der Waals surface area contributed by atoms with Crippen LogP contribution >= 0.6 is 0 Å². The van der Waals surface area contributed by atoms with Gasteiger partial charge in [0, 0.05) is 18.3 Å². The van der Waals surface area contributed by atoms with Crippen LogP contribution in [-0.2, 0) is 9.59 Å². The van der Waals surface area contributed by atoms with Gasteiger partial charge in [-0.05, 0) is 55.3 Å². The summed E-state index contributed by atoms with van der Waals surface area (Å²) in [5, 5.41) is 2.83. The summed E-state index contributed by atoms with van der Waals surface area (Å²) in [7, 11) is 3.13. The minimum absolute atomic E-state index is 0.0822. The molecule has 2 aromatic carbocycles. The summed E-state index contributed by atoms with van der Waals surface area (Å²) in [5.41, 5.74) is 2.06. The van der Waals surface area contributed by atoms with E-state index in [2.05, 4.69) is 5.32 Å². The summed E-state index contributed by atoms with van der Waals surface area (Å²) in [5.74, 6) is 1.47. The Balaban J connectivity index is 1.75. The number of carbonyl (C=O) groups excluding carboxylic acids is 2. The smallest absolute Gasteiger partial charge is 0.267 e. The summed E-state index contributed by atoms with van der Waals surface area (Å²) in [4.78, 5) is 26.5. The van der Waals surface area contributed by atoms with E-state index in [1.54, 1.807) is 62.5 Å². The number of methoxy groups -OCH3 is 2. The number of benzene rings is 2. The summed E-state index contributed by atoms with van der Waals surface area (Å²) >= 11 is 0. The lowest BCUT2D eigenvalue weighted by Gasteiger charge is -2.33. The molecule has 2 aromatic rings. The first-order valence-electron chi connectivity index (χ1n) is 9.80. The van der Waals surface area contributed by atoms with Crippen molar-refractivity contribution in [3.05, 3.63) is 48.0 Å². The predicted molar refractivity (Wildman–Crippen MR) is 116 cm³/mol. The third kappa shape index (κ3) is 4.56. The van der Waals surface area contributed by atoms with Crippen molar-refractivity contribution in [1.29, 1.82) is 0 Å². The van der Waals surface area contributed by atoms with Crippen LogP contribution in [0, 0.1) is 0 Å². The molecule has 0 saturated heterocycles. The number of carbonyl (C=O) groups is 2. The number of ether oxygens (including phenoxy) is 3. The first-order chi connectivity index (χ1) is 14.5. The van der Waals surface area contributed by atoms with Crippen molar-refractivity contribution in [2.45, 2.75) is 26.4 Å². The molecule has 0 bridgehead atoms. The van der Waals surface area contributed by atoms with Crippen LogP contribution in [0.15, 0.2) is 42.5 Å². The van der Waals surface area contributed by atoms with Crippen LogP contribution in [0.5, 0.6) is 17.2 Å². The van der Waals surface area contributed by atoms with E-state index in [-0.39, 0.29) is 11.8 Å². The average molecular weight is 410 g/mol. The second-order valence-corrected chi connectivity index (χ2v) is 6.87. The van der Waals surface area contributed by atoms with E-state index < -0.39 is 6.10 Å². The zero-order valence-corrected chi connectivity index (χ0v) is 17.6. The van der Waals surface area contributed by atoms with Gasteiger partial charge < -0.3 is 24.4 Å². The van der Waals surface area contributed by atoms with E-state index >= 15 is 0 Å². The van der Waals surface area contributed by atoms with Gasteiger partial charge >= 0.3 is 0 Å². The second kappa shape index (κ2) is 9.35. The fourth-order valence-electron chi connectivity index (χ4n) is 3.25. The third-order valence-electron chi connectivity index (χ3n) is 4.72. The highest BCUT2D eigenvalue weighted by molar-refractivity contribution is 6.04. The highest BCUT2D eigenvalue weighted by Crippen LogP contribution is 2.36. The van der Waals surface area contributed by atoms with E-state index in [1.807, 2.05) is 13.0 Å². The Bertz CT molecular complexity index is 970. The van der Waals surface area contributed by atoms with Crippen LogP contribution in [0.3, 0.4) is 0 Å². The SMILES string of the molecule is CCCN1C(=O)C(C)Oc2ccc(NC(=O)/C=C/c3ccc(OC)c(OC)c3)cc21. The van der Waals surface area contributed by atoms with E-state index in [0.29, 0.717) is 35.2 Å². The number of fused-ring (bicyclic) bond motifs is 1. The monoisotopic (exact) mass is 410 g/mol. The number of nitrogens with zero attached hydrogens (tertiary/aromatic N) is 1. The van der Waals surface area contributed by atoms with E-state index in [0.717, 1.165) is 12.0 Å². The molecule has 0 aromatic heterocycles. The first-order valence-corrected chi connectivity index (χ1v) is 9.80. The lowest BCUT2D eigenvalue weighted by Crippen LogP contribution is -2.44. The number of hydrogen-bond donors (Lipinski definition) is 1. The second-order valence-electron chi connectivity index (χ2n) is 6.87. The normalized spacial score (nSPS) is 15.5. The summed E-state index contributed by atoms with van der Waals surface area (Å²) in [6.07, 6.45) is 3.43. The molecule has 1 aliphatic rings. The molecule has 1 heterocycles. The van der Waals surface area contributed by atoms with Gasteiger partial charge in [-0.15, -0.1) is 0 Å². The van der Waals surface area contributed by atoms with Gasteiger partial charge in [0.2, 0.25) is 5.91 Å². The lowest BCUT2D eigenvalue weighted by molar-refractivity contribution is -0.125. The fourth-order valence-corrected chi connectivity index (χ4v) is 3.25. The topological polar surface area (TPSA) is 77.1 Å². The molecule has 1 aliphatic heterocycles. The predicted octanol–water partition coefficient (Wildman–Crippen LogP) is 3.88. The van der Waals surface area contributed by atoms with Crippen molar-refractivity contribution < 1.29 is 23.8 Å². The van der Waals surface area contributed by atoms with Crippen LogP contribution in [0.2, 0.25) is 0 Å². The zero-order valence-electron chi connectivity index (χ0n) is 17.6. The number of anilines is 2. The average Bonchev–Trinajstić information content (AvgIpc) is 2.75. The standard InChI is InChI=1S/C23H26N2O5/c1-5-12-25-18-14-17(8-10-19(18)30-15(2)23(25)27)24-22(26)11-7-16-6-9-20(28-3)21(13-16)29-4/h6-11,13-15H,5,12H2,1-4H3,(H,24,26)/b11-7+. The van der Waals surface area contributed by atoms with Crippen molar-refractivity contribution in [1.82, 2.24) is 0 Å². The van der Waals surface area contributed by atoms with E-state index in [4.69, 9.17) is 14.2 Å². The molecule has 158 valence electrons. The zero-order chi connectivity index (χ0) is 21.7. The van der Waals surface area contributed by atoms with Crippen LogP contribution in [0.1, 0.15) is 25.8 Å². The molecule has 0 radical (unpaired) electrons. The molecule has 0 saturated carbocycles. The Hall–Kier alpha value is -3.48. The van der Waals surface area contributed by atoms with Crippen molar-refractivity contribution in [2.24, 2.45) is 0 Å². The molecule has 2 amide bonds. The highest BCUT2D eigenvalue weighted by atomic mass is 16.5. The van der Waals surface area contributed by atoms with Gasteiger partial charge in [-0.2, -0.15) is 0 Å². The molecule has 0 aliphatic carbocycles. The van der Waals surface area contributed by atoms with Crippen LogP contribution < -0.4 is 24.4 Å². The summed E-state index contributed by atoms with van der Waals surface area (Å²) in [6, 6.07) is 10.7. The Morgan fingerprint density at radius 3 is 2.63 bits per heavy atom. The molecule has 1 atom stereocenters. The van der Waals surface area contributed by atoms with Gasteiger partial charge in [0.1, 0.15) is 5.75 Å². The number of hydrogen-bond acceptors (Lipinski definition) is 5. The molecule has 1 unspecified atom stereocenters. The van der Waals surface area contributed by atoms with Gasteiger partial charge in [0.15, 0.2) is 17.6 Å². The van der Waals surface area contributed by atoms with Crippen molar-refractivity contribution >= 4 is 29.3 Å². The minimum Gasteiger partial charge on any atom is -0.493 e. The summed E-state index contributed by atoms with van der Waals surface area (Å²) in [6.45, 7) is 4.34. The quantitative estimate of drug-likeness (QED) is 0.701. The molecule has 7 nitrogen and oxygen atoms in total. The molecule has 3 rings (SSSR count). The maximum atomic E-state index is 12.5.